The van der Waals surface area contributed by atoms with Crippen molar-refractivity contribution in [1.82, 2.24) is 19.7 Å². The van der Waals surface area contributed by atoms with Crippen molar-refractivity contribution in [3.8, 4) is 0 Å². The summed E-state index contributed by atoms with van der Waals surface area (Å²) in [5, 5.41) is 17.4. The first kappa shape index (κ1) is 14.8. The number of hydrogen-bond donors (Lipinski definition) is 2. The lowest BCUT2D eigenvalue weighted by molar-refractivity contribution is 0.0764. The van der Waals surface area contributed by atoms with Gasteiger partial charge in [0.2, 0.25) is 0 Å². The lowest BCUT2D eigenvalue weighted by Gasteiger charge is -2.16. The summed E-state index contributed by atoms with van der Waals surface area (Å²) in [6.45, 7) is 4.85. The Labute approximate surface area is 129 Å². The Bertz CT molecular complexity index is 688. The zero-order valence-electron chi connectivity index (χ0n) is 13.2. The third-order valence-electron chi connectivity index (χ3n) is 4.54. The van der Waals surface area contributed by atoms with Crippen LogP contribution in [0, 0.1) is 19.8 Å². The number of aromatic amines is 1. The third-order valence-corrected chi connectivity index (χ3v) is 4.54. The number of nitrogens with zero attached hydrogens (tertiary/aromatic N) is 3. The maximum Gasteiger partial charge on any atom is 0.255 e. The highest BCUT2D eigenvalue weighted by Gasteiger charge is 2.35. The van der Waals surface area contributed by atoms with Crippen molar-refractivity contribution >= 4 is 5.91 Å². The zero-order chi connectivity index (χ0) is 15.9. The fraction of sp³-hybridized carbons (Fsp3) is 0.500. The van der Waals surface area contributed by atoms with Crippen LogP contribution in [0.5, 0.6) is 0 Å². The molecule has 0 aromatic carbocycles. The maximum atomic E-state index is 12.6. The van der Waals surface area contributed by atoms with E-state index in [0.29, 0.717) is 25.1 Å². The predicted octanol–water partition coefficient (Wildman–Crippen LogP) is 1.04. The molecule has 1 saturated heterocycles. The number of aryl methyl sites for hydroxylation is 2. The number of aliphatic hydroxyl groups is 1. The molecular weight excluding hydrogens is 280 g/mol. The minimum absolute atomic E-state index is 0.00198. The van der Waals surface area contributed by atoms with Crippen LogP contribution in [0.25, 0.3) is 0 Å². The number of amides is 1. The normalized spacial score (nSPS) is 21.5. The van der Waals surface area contributed by atoms with Gasteiger partial charge in [0.05, 0.1) is 17.4 Å². The van der Waals surface area contributed by atoms with Crippen molar-refractivity contribution in [2.75, 3.05) is 13.1 Å². The standard InChI is InChI=1S/C16H22N4O2/c1-10-6-13(18-17-10)7-12-8-20(9-15(12)21)16(22)14-4-5-19(3)11(14)2/h4-6,12,15,21H,7-9H2,1-3H3,(H,17,18)/t12-,15-/m1/s1. The van der Waals surface area contributed by atoms with Crippen molar-refractivity contribution in [1.29, 1.82) is 0 Å². The first-order chi connectivity index (χ1) is 10.5. The molecule has 0 bridgehead atoms. The van der Waals surface area contributed by atoms with Gasteiger partial charge in [-0.3, -0.25) is 9.89 Å². The Morgan fingerprint density at radius 1 is 1.45 bits per heavy atom. The van der Waals surface area contributed by atoms with E-state index in [1.165, 1.54) is 0 Å². The van der Waals surface area contributed by atoms with Gasteiger partial charge in [-0.05, 0) is 32.4 Å². The number of rotatable bonds is 3. The van der Waals surface area contributed by atoms with E-state index in [9.17, 15) is 9.90 Å². The smallest absolute Gasteiger partial charge is 0.255 e. The van der Waals surface area contributed by atoms with E-state index in [2.05, 4.69) is 10.2 Å². The van der Waals surface area contributed by atoms with Gasteiger partial charge < -0.3 is 14.6 Å². The molecule has 1 aliphatic rings. The fourth-order valence-corrected chi connectivity index (χ4v) is 3.07. The summed E-state index contributed by atoms with van der Waals surface area (Å²) in [5.74, 6) is 0.0357. The number of hydrogen-bond acceptors (Lipinski definition) is 3. The molecule has 6 nitrogen and oxygen atoms in total. The summed E-state index contributed by atoms with van der Waals surface area (Å²) in [6.07, 6.45) is 2.08. The van der Waals surface area contributed by atoms with Crippen molar-refractivity contribution in [3.05, 3.63) is 41.0 Å². The highest BCUT2D eigenvalue weighted by Crippen LogP contribution is 2.23. The Morgan fingerprint density at radius 2 is 2.23 bits per heavy atom. The number of aromatic nitrogens is 3. The van der Waals surface area contributed by atoms with Crippen LogP contribution in [0.4, 0.5) is 0 Å². The quantitative estimate of drug-likeness (QED) is 0.889. The lowest BCUT2D eigenvalue weighted by Crippen LogP contribution is -2.30. The van der Waals surface area contributed by atoms with Gasteiger partial charge in [-0.1, -0.05) is 0 Å². The Morgan fingerprint density at radius 3 is 2.82 bits per heavy atom. The highest BCUT2D eigenvalue weighted by atomic mass is 16.3. The molecule has 22 heavy (non-hydrogen) atoms. The molecular formula is C16H22N4O2. The van der Waals surface area contributed by atoms with Crippen LogP contribution in [-0.2, 0) is 13.5 Å². The summed E-state index contributed by atoms with van der Waals surface area (Å²) >= 11 is 0. The SMILES string of the molecule is Cc1cc(C[C@@H]2CN(C(=O)c3ccn(C)c3C)C[C@H]2O)n[nH]1. The Balaban J connectivity index is 1.70. The molecule has 6 heteroatoms. The van der Waals surface area contributed by atoms with Crippen molar-refractivity contribution in [2.45, 2.75) is 26.4 Å². The van der Waals surface area contributed by atoms with Crippen LogP contribution >= 0.6 is 0 Å². The lowest BCUT2D eigenvalue weighted by atomic mass is 10.0. The van der Waals surface area contributed by atoms with Crippen LogP contribution in [0.15, 0.2) is 18.3 Å². The number of H-pyrrole nitrogens is 1. The van der Waals surface area contributed by atoms with Gasteiger partial charge >= 0.3 is 0 Å². The van der Waals surface area contributed by atoms with E-state index in [0.717, 1.165) is 17.1 Å². The summed E-state index contributed by atoms with van der Waals surface area (Å²) in [4.78, 5) is 14.4. The highest BCUT2D eigenvalue weighted by molar-refractivity contribution is 5.95. The minimum atomic E-state index is -0.495. The summed E-state index contributed by atoms with van der Waals surface area (Å²) < 4.78 is 1.93. The van der Waals surface area contributed by atoms with Gasteiger partial charge in [0.1, 0.15) is 0 Å². The van der Waals surface area contributed by atoms with E-state index >= 15 is 0 Å². The van der Waals surface area contributed by atoms with E-state index in [1.54, 1.807) is 4.90 Å². The minimum Gasteiger partial charge on any atom is -0.391 e. The first-order valence-corrected chi connectivity index (χ1v) is 7.56. The molecule has 0 spiro atoms. The molecule has 1 amide bonds. The number of likely N-dealkylation sites (tertiary alicyclic amines) is 1. The van der Waals surface area contributed by atoms with Crippen molar-refractivity contribution in [3.63, 3.8) is 0 Å². The van der Waals surface area contributed by atoms with E-state index < -0.39 is 6.10 Å². The van der Waals surface area contributed by atoms with Gasteiger partial charge in [-0.2, -0.15) is 5.10 Å². The van der Waals surface area contributed by atoms with Crippen molar-refractivity contribution < 1.29 is 9.90 Å². The summed E-state index contributed by atoms with van der Waals surface area (Å²) in [7, 11) is 1.92. The number of aliphatic hydroxyl groups excluding tert-OH is 1. The number of β-amino-alcohol motifs (C(OH)–C–C–N with tert-alkyl or cyclic N) is 1. The molecule has 3 rings (SSSR count). The molecule has 2 N–H and O–H groups in total. The molecule has 1 aliphatic heterocycles. The zero-order valence-corrected chi connectivity index (χ0v) is 13.2. The molecule has 1 fully saturated rings. The van der Waals surface area contributed by atoms with Crippen LogP contribution < -0.4 is 0 Å². The Hall–Kier alpha value is -2.08. The molecule has 2 aromatic heterocycles. The summed E-state index contributed by atoms with van der Waals surface area (Å²) in [5.41, 5.74) is 3.61. The fourth-order valence-electron chi connectivity index (χ4n) is 3.07. The second kappa shape index (κ2) is 5.61. The van der Waals surface area contributed by atoms with E-state index in [4.69, 9.17) is 0 Å². The second-order valence-corrected chi connectivity index (χ2v) is 6.21. The number of nitrogens with one attached hydrogen (secondary N) is 1. The van der Waals surface area contributed by atoms with Gasteiger partial charge in [0.15, 0.2) is 0 Å². The average molecular weight is 302 g/mol. The average Bonchev–Trinajstić information content (AvgIpc) is 3.13. The second-order valence-electron chi connectivity index (χ2n) is 6.21. The van der Waals surface area contributed by atoms with Crippen molar-refractivity contribution in [2.24, 2.45) is 13.0 Å². The van der Waals surface area contributed by atoms with Gasteiger partial charge in [-0.25, -0.2) is 0 Å². The monoisotopic (exact) mass is 302 g/mol. The number of carbonyl (C=O) groups is 1. The first-order valence-electron chi connectivity index (χ1n) is 7.56. The van der Waals surface area contributed by atoms with E-state index in [1.807, 2.05) is 43.8 Å². The predicted molar refractivity (Wildman–Crippen MR) is 82.6 cm³/mol. The van der Waals surface area contributed by atoms with Crippen LogP contribution in [0.1, 0.15) is 27.4 Å². The molecule has 2 atom stereocenters. The molecule has 0 unspecified atom stereocenters. The molecule has 0 saturated carbocycles. The largest absolute Gasteiger partial charge is 0.391 e. The molecule has 0 aliphatic carbocycles. The van der Waals surface area contributed by atoms with Crippen LogP contribution in [0.2, 0.25) is 0 Å². The van der Waals surface area contributed by atoms with Crippen LogP contribution in [0.3, 0.4) is 0 Å². The molecule has 3 heterocycles. The number of carbonyl (C=O) groups excluding carboxylic acids is 1. The van der Waals surface area contributed by atoms with Crippen LogP contribution in [-0.4, -0.2) is 49.9 Å². The topological polar surface area (TPSA) is 74.2 Å². The molecule has 2 aromatic rings. The maximum absolute atomic E-state index is 12.6. The van der Waals surface area contributed by atoms with Gasteiger partial charge in [-0.15, -0.1) is 0 Å². The molecule has 118 valence electrons. The third kappa shape index (κ3) is 2.66. The van der Waals surface area contributed by atoms with E-state index in [-0.39, 0.29) is 11.8 Å². The van der Waals surface area contributed by atoms with Gasteiger partial charge in [0.25, 0.3) is 5.91 Å². The molecule has 0 radical (unpaired) electrons. The summed E-state index contributed by atoms with van der Waals surface area (Å²) in [6, 6.07) is 3.83. The Kier molecular flexibility index (Phi) is 3.78. The van der Waals surface area contributed by atoms with Gasteiger partial charge in [0, 0.05) is 43.6 Å².